The maximum absolute atomic E-state index is 12.4. The monoisotopic (exact) mass is 269 g/mol. The second kappa shape index (κ2) is 5.38. The Bertz CT molecular complexity index is 537. The summed E-state index contributed by atoms with van der Waals surface area (Å²) in [7, 11) is 0. The van der Waals surface area contributed by atoms with Gasteiger partial charge in [0.15, 0.2) is 0 Å². The molecule has 3 nitrogen and oxygen atoms in total. The largest absolute Gasteiger partial charge is 0.509 e. The van der Waals surface area contributed by atoms with E-state index >= 15 is 0 Å². The first-order chi connectivity index (χ1) is 8.97. The van der Waals surface area contributed by atoms with Crippen LogP contribution in [0.5, 0.6) is 5.75 Å². The highest BCUT2D eigenvalue weighted by Crippen LogP contribution is 2.13. The third-order valence-corrected chi connectivity index (χ3v) is 2.78. The first-order valence-electron chi connectivity index (χ1n) is 5.87. The van der Waals surface area contributed by atoms with Crippen molar-refractivity contribution < 1.29 is 17.7 Å². The van der Waals surface area contributed by atoms with Gasteiger partial charge in [-0.2, -0.15) is 0 Å². The number of nitrogens with zero attached hydrogens (tertiary/aromatic N) is 2. The SMILES string of the molecule is Cc1nccn1CCOc1ccc([B-](F)(F)F)cc1. The molecule has 0 amide bonds. The zero-order chi connectivity index (χ0) is 13.9. The van der Waals surface area contributed by atoms with Gasteiger partial charge in [-0.1, -0.05) is 12.1 Å². The molecule has 0 aliphatic heterocycles. The van der Waals surface area contributed by atoms with E-state index < -0.39 is 12.4 Å². The highest BCUT2D eigenvalue weighted by molar-refractivity contribution is 6.73. The molecule has 0 spiro atoms. The molecule has 102 valence electrons. The Morgan fingerprint density at radius 3 is 2.42 bits per heavy atom. The number of aryl methyl sites for hydroxylation is 1. The number of aromatic nitrogens is 2. The van der Waals surface area contributed by atoms with Gasteiger partial charge in [-0.3, -0.25) is 0 Å². The fourth-order valence-electron chi connectivity index (χ4n) is 1.68. The summed E-state index contributed by atoms with van der Waals surface area (Å²) in [4.78, 5) is 4.07. The molecule has 1 heterocycles. The smallest absolute Gasteiger partial charge is 0.492 e. The van der Waals surface area contributed by atoms with Gasteiger partial charge in [0.2, 0.25) is 0 Å². The predicted molar refractivity (Wildman–Crippen MR) is 67.6 cm³/mol. The topological polar surface area (TPSA) is 27.1 Å². The number of rotatable bonds is 5. The standard InChI is InChI=1S/C12H13BF3N2O/c1-10-17-6-7-18(10)8-9-19-12-4-2-11(3-5-12)13(14,15)16/h2-7H,8-9H2,1H3/q-1. The number of imidazole rings is 1. The molecular weight excluding hydrogens is 256 g/mol. The van der Waals surface area contributed by atoms with Crippen LogP contribution in [0.1, 0.15) is 5.82 Å². The number of ether oxygens (including phenoxy) is 1. The Labute approximate surface area is 109 Å². The van der Waals surface area contributed by atoms with E-state index in [2.05, 4.69) is 4.98 Å². The minimum absolute atomic E-state index is 0.383. The molecule has 1 aromatic heterocycles. The molecule has 0 aliphatic carbocycles. The molecule has 2 aromatic rings. The molecular formula is C12H13BF3N2O-. The highest BCUT2D eigenvalue weighted by Gasteiger charge is 2.24. The van der Waals surface area contributed by atoms with Crippen LogP contribution in [0, 0.1) is 6.92 Å². The summed E-state index contributed by atoms with van der Waals surface area (Å²) in [5, 5.41) is 0. The quantitative estimate of drug-likeness (QED) is 0.779. The molecule has 0 fully saturated rings. The van der Waals surface area contributed by atoms with Gasteiger partial charge in [-0.05, 0) is 19.1 Å². The first kappa shape index (κ1) is 13.5. The second-order valence-corrected chi connectivity index (χ2v) is 4.16. The van der Waals surface area contributed by atoms with Crippen molar-refractivity contribution in [2.24, 2.45) is 0 Å². The van der Waals surface area contributed by atoms with Crippen LogP contribution < -0.4 is 10.2 Å². The average molecular weight is 269 g/mol. The lowest BCUT2D eigenvalue weighted by atomic mass is 9.80. The van der Waals surface area contributed by atoms with Gasteiger partial charge in [0.05, 0.1) is 6.54 Å². The number of benzene rings is 1. The summed E-state index contributed by atoms with van der Waals surface area (Å²) in [6.07, 6.45) is 3.52. The van der Waals surface area contributed by atoms with Crippen molar-refractivity contribution in [3.8, 4) is 5.75 Å². The summed E-state index contributed by atoms with van der Waals surface area (Å²) < 4.78 is 44.5. The molecule has 0 radical (unpaired) electrons. The molecule has 0 unspecified atom stereocenters. The van der Waals surface area contributed by atoms with Crippen molar-refractivity contribution in [1.29, 1.82) is 0 Å². The van der Waals surface area contributed by atoms with Crippen LogP contribution in [0.4, 0.5) is 12.9 Å². The van der Waals surface area contributed by atoms with E-state index in [-0.39, 0.29) is 0 Å². The van der Waals surface area contributed by atoms with Crippen LogP contribution >= 0.6 is 0 Å². The molecule has 2 rings (SSSR count). The molecule has 1 aromatic carbocycles. The molecule has 0 N–H and O–H groups in total. The highest BCUT2D eigenvalue weighted by atomic mass is 19.4. The van der Waals surface area contributed by atoms with Gasteiger partial charge < -0.3 is 22.3 Å². The molecule has 19 heavy (non-hydrogen) atoms. The van der Waals surface area contributed by atoms with Crippen molar-refractivity contribution in [2.75, 3.05) is 6.61 Å². The Morgan fingerprint density at radius 1 is 1.21 bits per heavy atom. The van der Waals surface area contributed by atoms with Crippen LogP contribution in [-0.4, -0.2) is 23.1 Å². The maximum atomic E-state index is 12.4. The molecule has 0 atom stereocenters. The lowest BCUT2D eigenvalue weighted by Gasteiger charge is -2.15. The van der Waals surface area contributed by atoms with E-state index in [1.165, 1.54) is 12.1 Å². The number of halogens is 3. The summed E-state index contributed by atoms with van der Waals surface area (Å²) in [5.41, 5.74) is -0.613. The van der Waals surface area contributed by atoms with Crippen LogP contribution in [0.25, 0.3) is 0 Å². The van der Waals surface area contributed by atoms with Crippen LogP contribution in [0.15, 0.2) is 36.7 Å². The van der Waals surface area contributed by atoms with Crippen molar-refractivity contribution in [3.63, 3.8) is 0 Å². The summed E-state index contributed by atoms with van der Waals surface area (Å²) in [6.45, 7) is -2.07. The van der Waals surface area contributed by atoms with Gasteiger partial charge in [0.1, 0.15) is 18.2 Å². The Hall–Kier alpha value is -1.92. The average Bonchev–Trinajstić information content (AvgIpc) is 2.75. The Kier molecular flexibility index (Phi) is 3.83. The van der Waals surface area contributed by atoms with Crippen molar-refractivity contribution in [1.82, 2.24) is 9.55 Å². The summed E-state index contributed by atoms with van der Waals surface area (Å²) in [6, 6.07) is 4.76. The van der Waals surface area contributed by atoms with Crippen molar-refractivity contribution in [3.05, 3.63) is 42.5 Å². The Morgan fingerprint density at radius 2 is 1.89 bits per heavy atom. The fraction of sp³-hybridized carbons (Fsp3) is 0.250. The molecule has 0 saturated carbocycles. The number of hydrogen-bond acceptors (Lipinski definition) is 2. The van der Waals surface area contributed by atoms with Gasteiger partial charge in [-0.15, -0.1) is 5.46 Å². The Balaban J connectivity index is 1.89. The lowest BCUT2D eigenvalue weighted by Crippen LogP contribution is -2.33. The van der Waals surface area contributed by atoms with E-state index in [0.29, 0.717) is 18.9 Å². The zero-order valence-corrected chi connectivity index (χ0v) is 10.4. The van der Waals surface area contributed by atoms with E-state index in [0.717, 1.165) is 18.0 Å². The van der Waals surface area contributed by atoms with Crippen LogP contribution in [-0.2, 0) is 6.54 Å². The molecule has 7 heteroatoms. The van der Waals surface area contributed by atoms with Crippen molar-refractivity contribution in [2.45, 2.75) is 13.5 Å². The number of hydrogen-bond donors (Lipinski definition) is 0. The van der Waals surface area contributed by atoms with Gasteiger partial charge in [0.25, 0.3) is 0 Å². The predicted octanol–water partition coefficient (Wildman–Crippen LogP) is 2.32. The maximum Gasteiger partial charge on any atom is 0.509 e. The van der Waals surface area contributed by atoms with E-state index in [4.69, 9.17) is 4.74 Å². The summed E-state index contributed by atoms with van der Waals surface area (Å²) >= 11 is 0. The van der Waals surface area contributed by atoms with Crippen LogP contribution in [0.2, 0.25) is 0 Å². The fourth-order valence-corrected chi connectivity index (χ4v) is 1.68. The van der Waals surface area contributed by atoms with Gasteiger partial charge in [0, 0.05) is 12.4 Å². The van der Waals surface area contributed by atoms with Crippen molar-refractivity contribution >= 4 is 12.4 Å². The third-order valence-electron chi connectivity index (χ3n) is 2.78. The first-order valence-corrected chi connectivity index (χ1v) is 5.87. The van der Waals surface area contributed by atoms with Gasteiger partial charge >= 0.3 is 6.98 Å². The zero-order valence-electron chi connectivity index (χ0n) is 10.4. The van der Waals surface area contributed by atoms with E-state index in [1.807, 2.05) is 17.7 Å². The molecule has 0 bridgehead atoms. The minimum atomic E-state index is -4.94. The second-order valence-electron chi connectivity index (χ2n) is 4.16. The van der Waals surface area contributed by atoms with Gasteiger partial charge in [-0.25, -0.2) is 4.98 Å². The third kappa shape index (κ3) is 3.53. The normalized spacial score (nSPS) is 11.6. The molecule has 0 aliphatic rings. The lowest BCUT2D eigenvalue weighted by molar-refractivity contribution is 0.297. The van der Waals surface area contributed by atoms with E-state index in [9.17, 15) is 12.9 Å². The van der Waals surface area contributed by atoms with Crippen LogP contribution in [0.3, 0.4) is 0 Å². The minimum Gasteiger partial charge on any atom is -0.492 e. The molecule has 0 saturated heterocycles. The summed E-state index contributed by atoms with van der Waals surface area (Å²) in [5.74, 6) is 1.31. The van der Waals surface area contributed by atoms with E-state index in [1.54, 1.807) is 6.20 Å².